The van der Waals surface area contributed by atoms with E-state index in [2.05, 4.69) is 0 Å². The van der Waals surface area contributed by atoms with Gasteiger partial charge in [-0.15, -0.1) is 0 Å². The molecule has 0 saturated carbocycles. The third kappa shape index (κ3) is 6.80. The highest BCUT2D eigenvalue weighted by Crippen LogP contribution is 1.95. The lowest BCUT2D eigenvalue weighted by atomic mass is 10.2. The van der Waals surface area contributed by atoms with Gasteiger partial charge >= 0.3 is 0 Å². The van der Waals surface area contributed by atoms with Crippen LogP contribution in [0, 0.1) is 0 Å². The summed E-state index contributed by atoms with van der Waals surface area (Å²) in [6, 6.07) is 0. The van der Waals surface area contributed by atoms with Gasteiger partial charge in [-0.3, -0.25) is 9.69 Å². The lowest BCUT2D eigenvalue weighted by molar-refractivity contribution is -0.128. The van der Waals surface area contributed by atoms with Crippen LogP contribution >= 0.6 is 12.2 Å². The van der Waals surface area contributed by atoms with E-state index in [1.54, 1.807) is 19.0 Å². The van der Waals surface area contributed by atoms with Crippen LogP contribution in [0.1, 0.15) is 12.8 Å². The number of carbonyl (C=O) groups excluding carboxylic acids is 1. The van der Waals surface area contributed by atoms with Crippen molar-refractivity contribution in [3.05, 3.63) is 0 Å². The summed E-state index contributed by atoms with van der Waals surface area (Å²) in [6.45, 7) is 1.46. The van der Waals surface area contributed by atoms with E-state index in [4.69, 9.17) is 18.0 Å². The Morgan fingerprint density at radius 3 is 2.36 bits per heavy atom. The molecule has 0 aliphatic heterocycles. The van der Waals surface area contributed by atoms with Crippen LogP contribution in [0.3, 0.4) is 0 Å². The average molecular weight is 217 g/mol. The third-order valence-electron chi connectivity index (χ3n) is 1.86. The Hall–Kier alpha value is -0.680. The molecule has 2 N–H and O–H groups in total. The zero-order valence-electron chi connectivity index (χ0n) is 9.12. The fourth-order valence-corrected chi connectivity index (χ4v) is 1.29. The van der Waals surface area contributed by atoms with Crippen LogP contribution in [-0.4, -0.2) is 54.9 Å². The number of amides is 1. The van der Waals surface area contributed by atoms with Gasteiger partial charge in [-0.2, -0.15) is 0 Å². The molecule has 0 rings (SSSR count). The second kappa shape index (κ2) is 6.73. The molecule has 0 radical (unpaired) electrons. The third-order valence-corrected chi connectivity index (χ3v) is 1.98. The number of likely N-dealkylation sites (N-methyl/N-ethyl adjacent to an activating group) is 1. The maximum absolute atomic E-state index is 11.2. The zero-order chi connectivity index (χ0) is 11.1. The van der Waals surface area contributed by atoms with Gasteiger partial charge in [0.2, 0.25) is 5.91 Å². The Balaban J connectivity index is 3.54. The molecule has 0 spiro atoms. The standard InChI is InChI=1S/C9H19N3OS/c1-11(2)9(13)5-4-6-12(3)7-8(10)14/h4-7H2,1-3H3,(H2,10,14). The Kier molecular flexibility index (Phi) is 6.40. The van der Waals surface area contributed by atoms with Crippen LogP contribution in [-0.2, 0) is 4.79 Å². The van der Waals surface area contributed by atoms with Gasteiger partial charge in [-0.1, -0.05) is 12.2 Å². The molecule has 5 heteroatoms. The Bertz CT molecular complexity index is 206. The lowest BCUT2D eigenvalue weighted by Gasteiger charge is -2.16. The fourth-order valence-electron chi connectivity index (χ4n) is 1.07. The Labute approximate surface area is 91.0 Å². The average Bonchev–Trinajstić information content (AvgIpc) is 2.02. The van der Waals surface area contributed by atoms with Gasteiger partial charge in [-0.25, -0.2) is 0 Å². The van der Waals surface area contributed by atoms with Crippen LogP contribution in [0.2, 0.25) is 0 Å². The molecule has 0 saturated heterocycles. The predicted molar refractivity (Wildman–Crippen MR) is 62.2 cm³/mol. The topological polar surface area (TPSA) is 49.6 Å². The first-order valence-electron chi connectivity index (χ1n) is 4.60. The van der Waals surface area contributed by atoms with Crippen molar-refractivity contribution >= 4 is 23.1 Å². The molecule has 0 aliphatic rings. The van der Waals surface area contributed by atoms with Crippen molar-refractivity contribution < 1.29 is 4.79 Å². The summed E-state index contributed by atoms with van der Waals surface area (Å²) in [7, 11) is 5.47. The largest absolute Gasteiger partial charge is 0.392 e. The van der Waals surface area contributed by atoms with Gasteiger partial charge < -0.3 is 10.6 Å². The van der Waals surface area contributed by atoms with E-state index >= 15 is 0 Å². The number of hydrogen-bond acceptors (Lipinski definition) is 3. The lowest BCUT2D eigenvalue weighted by Crippen LogP contribution is -2.31. The molecular weight excluding hydrogens is 198 g/mol. The minimum absolute atomic E-state index is 0.161. The van der Waals surface area contributed by atoms with Crippen molar-refractivity contribution in [2.75, 3.05) is 34.2 Å². The first-order valence-corrected chi connectivity index (χ1v) is 5.01. The molecule has 0 unspecified atom stereocenters. The number of nitrogens with zero attached hydrogens (tertiary/aromatic N) is 2. The van der Waals surface area contributed by atoms with E-state index in [1.165, 1.54) is 0 Å². The summed E-state index contributed by atoms with van der Waals surface area (Å²) < 4.78 is 0. The Morgan fingerprint density at radius 2 is 1.93 bits per heavy atom. The predicted octanol–water partition coefficient (Wildman–Crippen LogP) is 0.0727. The summed E-state index contributed by atoms with van der Waals surface area (Å²) in [5.74, 6) is 0.161. The highest BCUT2D eigenvalue weighted by atomic mass is 32.1. The molecule has 14 heavy (non-hydrogen) atoms. The second-order valence-electron chi connectivity index (χ2n) is 3.60. The maximum atomic E-state index is 11.2. The summed E-state index contributed by atoms with van der Waals surface area (Å²) >= 11 is 4.78. The number of carbonyl (C=O) groups is 1. The van der Waals surface area contributed by atoms with Crippen molar-refractivity contribution in [3.8, 4) is 0 Å². The number of thiocarbonyl (C=S) groups is 1. The zero-order valence-corrected chi connectivity index (χ0v) is 9.93. The first kappa shape index (κ1) is 13.3. The van der Waals surface area contributed by atoms with Gasteiger partial charge in [0.05, 0.1) is 4.99 Å². The van der Waals surface area contributed by atoms with E-state index in [1.807, 2.05) is 11.9 Å². The van der Waals surface area contributed by atoms with Gasteiger partial charge in [-0.05, 0) is 20.0 Å². The number of hydrogen-bond donors (Lipinski definition) is 1. The van der Waals surface area contributed by atoms with Crippen molar-refractivity contribution in [1.82, 2.24) is 9.80 Å². The van der Waals surface area contributed by atoms with Crippen molar-refractivity contribution in [2.24, 2.45) is 5.73 Å². The molecular formula is C9H19N3OS. The van der Waals surface area contributed by atoms with Crippen molar-refractivity contribution in [3.63, 3.8) is 0 Å². The summed E-state index contributed by atoms with van der Waals surface area (Å²) in [6.07, 6.45) is 1.42. The molecule has 0 bridgehead atoms. The molecule has 0 atom stereocenters. The quantitative estimate of drug-likeness (QED) is 0.640. The second-order valence-corrected chi connectivity index (χ2v) is 4.12. The summed E-state index contributed by atoms with van der Waals surface area (Å²) in [5, 5.41) is 0. The summed E-state index contributed by atoms with van der Waals surface area (Å²) in [4.78, 5) is 15.3. The van der Waals surface area contributed by atoms with Crippen molar-refractivity contribution in [1.29, 1.82) is 0 Å². The van der Waals surface area contributed by atoms with E-state index in [-0.39, 0.29) is 5.91 Å². The van der Waals surface area contributed by atoms with Crippen LogP contribution in [0.4, 0.5) is 0 Å². The highest BCUT2D eigenvalue weighted by molar-refractivity contribution is 7.80. The monoisotopic (exact) mass is 217 g/mol. The minimum atomic E-state index is 0.161. The first-order chi connectivity index (χ1) is 6.43. The van der Waals surface area contributed by atoms with Crippen LogP contribution in [0.5, 0.6) is 0 Å². The van der Waals surface area contributed by atoms with Gasteiger partial charge in [0, 0.05) is 27.1 Å². The fraction of sp³-hybridized carbons (Fsp3) is 0.778. The van der Waals surface area contributed by atoms with Gasteiger partial charge in [0.15, 0.2) is 0 Å². The molecule has 0 aliphatic carbocycles. The maximum Gasteiger partial charge on any atom is 0.222 e. The van der Waals surface area contributed by atoms with E-state index in [9.17, 15) is 4.79 Å². The molecule has 82 valence electrons. The molecule has 0 heterocycles. The minimum Gasteiger partial charge on any atom is -0.392 e. The molecule has 0 fully saturated rings. The van der Waals surface area contributed by atoms with E-state index in [0.29, 0.717) is 18.0 Å². The molecule has 0 aromatic carbocycles. The van der Waals surface area contributed by atoms with Crippen molar-refractivity contribution in [2.45, 2.75) is 12.8 Å². The molecule has 0 aromatic heterocycles. The van der Waals surface area contributed by atoms with Crippen LogP contribution in [0.15, 0.2) is 0 Å². The smallest absolute Gasteiger partial charge is 0.222 e. The molecule has 0 aromatic rings. The molecule has 4 nitrogen and oxygen atoms in total. The van der Waals surface area contributed by atoms with E-state index < -0.39 is 0 Å². The van der Waals surface area contributed by atoms with E-state index in [0.717, 1.165) is 13.0 Å². The van der Waals surface area contributed by atoms with Crippen LogP contribution < -0.4 is 5.73 Å². The summed E-state index contributed by atoms with van der Waals surface area (Å²) in [5.41, 5.74) is 5.39. The normalized spacial score (nSPS) is 10.3. The molecule has 1 amide bonds. The van der Waals surface area contributed by atoms with Gasteiger partial charge in [0.25, 0.3) is 0 Å². The Morgan fingerprint density at radius 1 is 1.36 bits per heavy atom. The number of nitrogens with two attached hydrogens (primary N) is 1. The number of rotatable bonds is 6. The van der Waals surface area contributed by atoms with Crippen LogP contribution in [0.25, 0.3) is 0 Å². The highest BCUT2D eigenvalue weighted by Gasteiger charge is 2.05. The SMILES string of the molecule is CN(CCCC(=O)N(C)C)CC(N)=S. The van der Waals surface area contributed by atoms with Gasteiger partial charge in [0.1, 0.15) is 0 Å².